The Morgan fingerprint density at radius 2 is 2.00 bits per heavy atom. The summed E-state index contributed by atoms with van der Waals surface area (Å²) in [6, 6.07) is 0.625. The van der Waals surface area contributed by atoms with E-state index in [1.807, 2.05) is 25.7 Å². The lowest BCUT2D eigenvalue weighted by molar-refractivity contribution is -0.140. The van der Waals surface area contributed by atoms with Crippen LogP contribution < -0.4 is 5.32 Å². The van der Waals surface area contributed by atoms with E-state index in [1.165, 1.54) is 0 Å². The molecule has 2 rings (SSSR count). The molecule has 0 spiro atoms. The Balaban J connectivity index is 1.83. The van der Waals surface area contributed by atoms with Crippen molar-refractivity contribution >= 4 is 5.91 Å². The van der Waals surface area contributed by atoms with Crippen molar-refractivity contribution in [3.63, 3.8) is 0 Å². The minimum atomic E-state index is -0.285. The highest BCUT2D eigenvalue weighted by Gasteiger charge is 2.30. The van der Waals surface area contributed by atoms with Crippen molar-refractivity contribution < 1.29 is 4.79 Å². The van der Waals surface area contributed by atoms with Gasteiger partial charge in [-0.1, -0.05) is 20.8 Å². The summed E-state index contributed by atoms with van der Waals surface area (Å²) in [5.74, 6) is 0.253. The first-order valence-electron chi connectivity index (χ1n) is 7.69. The Bertz CT molecular complexity index is 461. The van der Waals surface area contributed by atoms with Crippen molar-refractivity contribution in [1.29, 1.82) is 0 Å². The highest BCUT2D eigenvalue weighted by atomic mass is 16.2. The zero-order valence-electron chi connectivity index (χ0n) is 13.5. The van der Waals surface area contributed by atoms with Gasteiger partial charge in [-0.25, -0.2) is 0 Å². The molecule has 1 aliphatic heterocycles. The van der Waals surface area contributed by atoms with Gasteiger partial charge < -0.3 is 10.2 Å². The van der Waals surface area contributed by atoms with E-state index in [4.69, 9.17) is 0 Å². The van der Waals surface area contributed by atoms with E-state index >= 15 is 0 Å². The first-order chi connectivity index (χ1) is 9.88. The predicted molar refractivity (Wildman–Crippen MR) is 82.6 cm³/mol. The van der Waals surface area contributed by atoms with Gasteiger partial charge in [-0.15, -0.1) is 0 Å². The van der Waals surface area contributed by atoms with Crippen LogP contribution in [0.4, 0.5) is 0 Å². The van der Waals surface area contributed by atoms with Crippen LogP contribution in [-0.4, -0.2) is 39.9 Å². The standard InChI is InChI=1S/C16H26N4O/c1-12(14-11-17-7-8-18-14)19-13-5-9-20(10-6-13)15(21)16(2,3)4/h7-8,11-13,19H,5-6,9-10H2,1-4H3. The third kappa shape index (κ3) is 4.24. The van der Waals surface area contributed by atoms with Crippen LogP contribution in [0.1, 0.15) is 52.3 Å². The van der Waals surface area contributed by atoms with Crippen LogP contribution in [0, 0.1) is 5.41 Å². The summed E-state index contributed by atoms with van der Waals surface area (Å²) in [5, 5.41) is 3.59. The molecule has 2 heterocycles. The fourth-order valence-corrected chi connectivity index (χ4v) is 2.70. The second-order valence-corrected chi connectivity index (χ2v) is 6.84. The smallest absolute Gasteiger partial charge is 0.227 e. The number of piperidine rings is 1. The molecule has 1 aliphatic rings. The number of aromatic nitrogens is 2. The fraction of sp³-hybridized carbons (Fsp3) is 0.688. The molecule has 1 amide bonds. The van der Waals surface area contributed by atoms with Gasteiger partial charge in [0.15, 0.2) is 0 Å². The van der Waals surface area contributed by atoms with Crippen molar-refractivity contribution in [3.8, 4) is 0 Å². The number of carbonyl (C=O) groups is 1. The molecule has 0 bridgehead atoms. The molecular formula is C16H26N4O. The van der Waals surface area contributed by atoms with Crippen LogP contribution in [0.15, 0.2) is 18.6 Å². The molecule has 116 valence electrons. The fourth-order valence-electron chi connectivity index (χ4n) is 2.70. The van der Waals surface area contributed by atoms with Crippen molar-refractivity contribution in [1.82, 2.24) is 20.2 Å². The molecule has 0 aromatic carbocycles. The number of rotatable bonds is 3. The molecule has 0 aliphatic carbocycles. The molecule has 1 fully saturated rings. The van der Waals surface area contributed by atoms with E-state index in [2.05, 4.69) is 22.2 Å². The Labute approximate surface area is 127 Å². The lowest BCUT2D eigenvalue weighted by atomic mass is 9.93. The van der Waals surface area contributed by atoms with E-state index in [-0.39, 0.29) is 17.4 Å². The Morgan fingerprint density at radius 3 is 2.52 bits per heavy atom. The van der Waals surface area contributed by atoms with Crippen molar-refractivity contribution in [2.24, 2.45) is 5.41 Å². The molecule has 21 heavy (non-hydrogen) atoms. The van der Waals surface area contributed by atoms with Gasteiger partial charge in [0.25, 0.3) is 0 Å². The number of amides is 1. The Kier molecular flexibility index (Phi) is 4.93. The van der Waals surface area contributed by atoms with Crippen LogP contribution in [0.2, 0.25) is 0 Å². The van der Waals surface area contributed by atoms with Gasteiger partial charge in [0, 0.05) is 49.2 Å². The summed E-state index contributed by atoms with van der Waals surface area (Å²) in [4.78, 5) is 22.7. The summed E-state index contributed by atoms with van der Waals surface area (Å²) >= 11 is 0. The highest BCUT2D eigenvalue weighted by Crippen LogP contribution is 2.22. The van der Waals surface area contributed by atoms with E-state index in [9.17, 15) is 4.79 Å². The number of nitrogens with one attached hydrogen (secondary N) is 1. The summed E-state index contributed by atoms with van der Waals surface area (Å²) < 4.78 is 0. The third-order valence-electron chi connectivity index (χ3n) is 3.94. The second kappa shape index (κ2) is 6.52. The van der Waals surface area contributed by atoms with Gasteiger partial charge in [0.1, 0.15) is 0 Å². The zero-order chi connectivity index (χ0) is 15.5. The zero-order valence-corrected chi connectivity index (χ0v) is 13.5. The van der Waals surface area contributed by atoms with E-state index in [0.717, 1.165) is 31.6 Å². The molecule has 1 unspecified atom stereocenters. The monoisotopic (exact) mass is 290 g/mol. The molecule has 5 heteroatoms. The van der Waals surface area contributed by atoms with Crippen LogP contribution in [0.25, 0.3) is 0 Å². The van der Waals surface area contributed by atoms with E-state index in [1.54, 1.807) is 18.6 Å². The van der Waals surface area contributed by atoms with Gasteiger partial charge >= 0.3 is 0 Å². The maximum atomic E-state index is 12.3. The SMILES string of the molecule is CC(NC1CCN(C(=O)C(C)(C)C)CC1)c1cnccn1. The average Bonchev–Trinajstić information content (AvgIpc) is 2.47. The quantitative estimate of drug-likeness (QED) is 0.927. The van der Waals surface area contributed by atoms with Gasteiger partial charge in [0.05, 0.1) is 5.69 Å². The number of hydrogen-bond donors (Lipinski definition) is 1. The van der Waals surface area contributed by atoms with Gasteiger partial charge in [-0.05, 0) is 19.8 Å². The first kappa shape index (κ1) is 15.9. The molecular weight excluding hydrogens is 264 g/mol. The third-order valence-corrected chi connectivity index (χ3v) is 3.94. The molecule has 1 saturated heterocycles. The van der Waals surface area contributed by atoms with Gasteiger partial charge in [0.2, 0.25) is 5.91 Å². The first-order valence-corrected chi connectivity index (χ1v) is 7.69. The van der Waals surface area contributed by atoms with Crippen LogP contribution >= 0.6 is 0 Å². The number of likely N-dealkylation sites (tertiary alicyclic amines) is 1. The Hall–Kier alpha value is -1.49. The summed E-state index contributed by atoms with van der Waals surface area (Å²) in [6.45, 7) is 9.72. The van der Waals surface area contributed by atoms with Crippen LogP contribution in [0.3, 0.4) is 0 Å². The minimum absolute atomic E-state index is 0.188. The average molecular weight is 290 g/mol. The van der Waals surface area contributed by atoms with Crippen molar-refractivity contribution in [3.05, 3.63) is 24.3 Å². The molecule has 0 saturated carbocycles. The predicted octanol–water partition coefficient (Wildman–Crippen LogP) is 2.16. The van der Waals surface area contributed by atoms with E-state index in [0.29, 0.717) is 6.04 Å². The number of carbonyl (C=O) groups excluding carboxylic acids is 1. The van der Waals surface area contributed by atoms with Gasteiger partial charge in [-0.3, -0.25) is 14.8 Å². The summed E-state index contributed by atoms with van der Waals surface area (Å²) in [5.41, 5.74) is 0.679. The van der Waals surface area contributed by atoms with Crippen molar-refractivity contribution in [2.45, 2.75) is 52.6 Å². The summed E-state index contributed by atoms with van der Waals surface area (Å²) in [7, 11) is 0. The largest absolute Gasteiger partial charge is 0.342 e. The maximum Gasteiger partial charge on any atom is 0.227 e. The molecule has 1 atom stereocenters. The lowest BCUT2D eigenvalue weighted by Gasteiger charge is -2.36. The maximum absolute atomic E-state index is 12.3. The van der Waals surface area contributed by atoms with Crippen LogP contribution in [0.5, 0.6) is 0 Å². The second-order valence-electron chi connectivity index (χ2n) is 6.84. The van der Waals surface area contributed by atoms with Crippen LogP contribution in [-0.2, 0) is 4.79 Å². The van der Waals surface area contributed by atoms with Gasteiger partial charge in [-0.2, -0.15) is 0 Å². The Morgan fingerprint density at radius 1 is 1.33 bits per heavy atom. The normalized spacial score (nSPS) is 18.6. The number of hydrogen-bond acceptors (Lipinski definition) is 4. The van der Waals surface area contributed by atoms with E-state index < -0.39 is 0 Å². The molecule has 1 aromatic rings. The lowest BCUT2D eigenvalue weighted by Crippen LogP contribution is -2.48. The highest BCUT2D eigenvalue weighted by molar-refractivity contribution is 5.81. The summed E-state index contributed by atoms with van der Waals surface area (Å²) in [6.07, 6.45) is 7.19. The molecule has 0 radical (unpaired) electrons. The minimum Gasteiger partial charge on any atom is -0.342 e. The molecule has 1 N–H and O–H groups in total. The number of nitrogens with zero attached hydrogens (tertiary/aromatic N) is 3. The topological polar surface area (TPSA) is 58.1 Å². The van der Waals surface area contributed by atoms with Crippen molar-refractivity contribution in [2.75, 3.05) is 13.1 Å². The molecule has 5 nitrogen and oxygen atoms in total. The molecule has 1 aromatic heterocycles.